The van der Waals surface area contributed by atoms with Gasteiger partial charge in [-0.2, -0.15) is 5.10 Å². The highest BCUT2D eigenvalue weighted by atomic mass is 19.1. The number of nitrogens with one attached hydrogen (secondary N) is 2. The van der Waals surface area contributed by atoms with E-state index in [0.717, 1.165) is 0 Å². The van der Waals surface area contributed by atoms with Gasteiger partial charge in [0.1, 0.15) is 11.6 Å². The number of benzene rings is 3. The van der Waals surface area contributed by atoms with Gasteiger partial charge in [0.25, 0.3) is 11.8 Å². The Balaban J connectivity index is 1.74. The second kappa shape index (κ2) is 9.98. The summed E-state index contributed by atoms with van der Waals surface area (Å²) >= 11 is 0. The fourth-order valence-electron chi connectivity index (χ4n) is 2.88. The van der Waals surface area contributed by atoms with Crippen molar-refractivity contribution in [2.24, 2.45) is 5.10 Å². The van der Waals surface area contributed by atoms with Crippen LogP contribution in [0.3, 0.4) is 0 Å². The summed E-state index contributed by atoms with van der Waals surface area (Å²) in [5, 5.41) is 16.7. The minimum absolute atomic E-state index is 0.0537. The summed E-state index contributed by atoms with van der Waals surface area (Å²) in [5.74, 6) is -1.86. The zero-order chi connectivity index (χ0) is 22.2. The molecule has 7 heteroatoms. The van der Waals surface area contributed by atoms with E-state index in [9.17, 15) is 19.1 Å². The number of aromatic hydroxyl groups is 1. The van der Waals surface area contributed by atoms with E-state index in [0.29, 0.717) is 17.5 Å². The van der Waals surface area contributed by atoms with Crippen molar-refractivity contribution in [1.82, 2.24) is 5.43 Å². The van der Waals surface area contributed by atoms with Gasteiger partial charge in [-0.25, -0.2) is 9.82 Å². The van der Waals surface area contributed by atoms with Crippen molar-refractivity contribution in [3.63, 3.8) is 0 Å². The Kier molecular flexibility index (Phi) is 6.90. The number of hydrazone groups is 1. The predicted molar refractivity (Wildman–Crippen MR) is 118 cm³/mol. The number of nitrogens with zero attached hydrogens (tertiary/aromatic N) is 1. The lowest BCUT2D eigenvalue weighted by Gasteiger charge is -2.10. The van der Waals surface area contributed by atoms with E-state index in [2.05, 4.69) is 22.4 Å². The number of hydrogen-bond acceptors (Lipinski definition) is 4. The largest absolute Gasteiger partial charge is 0.507 e. The van der Waals surface area contributed by atoms with Crippen molar-refractivity contribution in [1.29, 1.82) is 0 Å². The molecule has 3 aromatic rings. The molecule has 0 aliphatic heterocycles. The van der Waals surface area contributed by atoms with Gasteiger partial charge in [0.05, 0.1) is 23.0 Å². The third-order valence-corrected chi connectivity index (χ3v) is 4.42. The van der Waals surface area contributed by atoms with E-state index in [4.69, 9.17) is 0 Å². The molecule has 3 aromatic carbocycles. The van der Waals surface area contributed by atoms with Crippen molar-refractivity contribution in [3.05, 3.63) is 107 Å². The van der Waals surface area contributed by atoms with Gasteiger partial charge in [0, 0.05) is 5.56 Å². The van der Waals surface area contributed by atoms with E-state index < -0.39 is 17.6 Å². The molecule has 0 radical (unpaired) electrons. The molecule has 0 spiro atoms. The number of halogens is 1. The number of carbonyl (C=O) groups excluding carboxylic acids is 2. The lowest BCUT2D eigenvalue weighted by atomic mass is 10.1. The van der Waals surface area contributed by atoms with Crippen molar-refractivity contribution < 1.29 is 19.1 Å². The van der Waals surface area contributed by atoms with Gasteiger partial charge >= 0.3 is 0 Å². The molecule has 0 heterocycles. The summed E-state index contributed by atoms with van der Waals surface area (Å²) in [7, 11) is 0. The number of rotatable bonds is 7. The molecule has 0 atom stereocenters. The molecule has 0 bridgehead atoms. The van der Waals surface area contributed by atoms with E-state index in [1.165, 1.54) is 36.5 Å². The van der Waals surface area contributed by atoms with Gasteiger partial charge < -0.3 is 10.4 Å². The lowest BCUT2D eigenvalue weighted by Crippen LogP contribution is -2.21. The van der Waals surface area contributed by atoms with Crippen molar-refractivity contribution in [2.75, 3.05) is 5.32 Å². The monoisotopic (exact) mass is 417 g/mol. The van der Waals surface area contributed by atoms with Gasteiger partial charge in [-0.1, -0.05) is 42.5 Å². The normalized spacial score (nSPS) is 10.6. The summed E-state index contributed by atoms with van der Waals surface area (Å²) in [5.41, 5.74) is 3.70. The summed E-state index contributed by atoms with van der Waals surface area (Å²) in [6.07, 6.45) is 3.49. The summed E-state index contributed by atoms with van der Waals surface area (Å²) < 4.78 is 13.9. The van der Waals surface area contributed by atoms with Crippen molar-refractivity contribution >= 4 is 23.7 Å². The second-order valence-electron chi connectivity index (χ2n) is 6.53. The zero-order valence-electron chi connectivity index (χ0n) is 16.5. The maximum absolute atomic E-state index is 13.9. The van der Waals surface area contributed by atoms with Crippen LogP contribution < -0.4 is 10.7 Å². The molecule has 31 heavy (non-hydrogen) atoms. The lowest BCUT2D eigenvalue weighted by molar-refractivity contribution is 0.0956. The first-order chi connectivity index (χ1) is 15.0. The molecular formula is C24H20FN3O3. The second-order valence-corrected chi connectivity index (χ2v) is 6.53. The third-order valence-electron chi connectivity index (χ3n) is 4.42. The number of phenols is 1. The van der Waals surface area contributed by atoms with Crippen LogP contribution in [0, 0.1) is 5.82 Å². The van der Waals surface area contributed by atoms with Gasteiger partial charge in [0.2, 0.25) is 0 Å². The Morgan fingerprint density at radius 3 is 2.42 bits per heavy atom. The highest BCUT2D eigenvalue weighted by Gasteiger charge is 2.16. The van der Waals surface area contributed by atoms with Crippen LogP contribution in [0.25, 0.3) is 0 Å². The molecule has 0 saturated heterocycles. The Hall–Kier alpha value is -4.26. The van der Waals surface area contributed by atoms with Gasteiger partial charge in [-0.3, -0.25) is 9.59 Å². The van der Waals surface area contributed by atoms with E-state index in [1.54, 1.807) is 42.5 Å². The fourth-order valence-corrected chi connectivity index (χ4v) is 2.88. The highest BCUT2D eigenvalue weighted by molar-refractivity contribution is 6.09. The van der Waals surface area contributed by atoms with E-state index in [1.807, 2.05) is 0 Å². The summed E-state index contributed by atoms with van der Waals surface area (Å²) in [6, 6.07) is 17.0. The van der Waals surface area contributed by atoms with Crippen LogP contribution >= 0.6 is 0 Å². The number of allylic oxidation sites excluding steroid dienone is 1. The Morgan fingerprint density at radius 1 is 0.968 bits per heavy atom. The first-order valence-electron chi connectivity index (χ1n) is 9.41. The maximum Gasteiger partial charge on any atom is 0.273 e. The van der Waals surface area contributed by atoms with Crippen LogP contribution in [-0.2, 0) is 6.42 Å². The fraction of sp³-hybridized carbons (Fsp3) is 0.0417. The van der Waals surface area contributed by atoms with Crippen LogP contribution in [0.1, 0.15) is 31.8 Å². The molecule has 2 amide bonds. The molecule has 0 aromatic heterocycles. The van der Waals surface area contributed by atoms with Crippen LogP contribution in [0.5, 0.6) is 5.75 Å². The number of anilines is 1. The molecule has 156 valence electrons. The van der Waals surface area contributed by atoms with Crippen LogP contribution in [0.2, 0.25) is 0 Å². The van der Waals surface area contributed by atoms with Crippen LogP contribution in [0.15, 0.2) is 84.5 Å². The molecule has 0 saturated carbocycles. The van der Waals surface area contributed by atoms with Crippen LogP contribution in [0.4, 0.5) is 10.1 Å². The third kappa shape index (κ3) is 5.22. The van der Waals surface area contributed by atoms with Crippen molar-refractivity contribution in [2.45, 2.75) is 6.42 Å². The molecular weight excluding hydrogens is 397 g/mol. The Morgan fingerprint density at radius 2 is 1.68 bits per heavy atom. The number of hydrogen-bond donors (Lipinski definition) is 3. The average Bonchev–Trinajstić information content (AvgIpc) is 2.77. The van der Waals surface area contributed by atoms with Gasteiger partial charge in [-0.15, -0.1) is 6.58 Å². The smallest absolute Gasteiger partial charge is 0.273 e. The average molecular weight is 417 g/mol. The first kappa shape index (κ1) is 21.4. The molecule has 0 aliphatic rings. The molecule has 6 nitrogen and oxygen atoms in total. The Bertz CT molecular complexity index is 1160. The van der Waals surface area contributed by atoms with Gasteiger partial charge in [-0.05, 0) is 42.3 Å². The number of amides is 2. The number of phenolic OH excluding ortho intramolecular Hbond substituents is 1. The molecule has 0 aliphatic carbocycles. The SMILES string of the molecule is C=CCc1cccc(/C=N\NC(=O)c2ccccc2NC(=O)c2ccccc2F)c1O. The highest BCUT2D eigenvalue weighted by Crippen LogP contribution is 2.22. The Labute approximate surface area is 178 Å². The first-order valence-corrected chi connectivity index (χ1v) is 9.41. The standard InChI is InChI=1S/C24H20FN3O3/c1-2-8-16-9-7-10-17(22(16)29)15-26-28-24(31)19-12-4-6-14-21(19)27-23(30)18-11-3-5-13-20(18)25/h2-7,9-15,29H,1,8H2,(H,27,30)(H,28,31)/b26-15-. The van der Waals surface area contributed by atoms with Crippen molar-refractivity contribution in [3.8, 4) is 5.75 Å². The minimum Gasteiger partial charge on any atom is -0.507 e. The summed E-state index contributed by atoms with van der Waals surface area (Å²) in [4.78, 5) is 25.0. The van der Waals surface area contributed by atoms with Gasteiger partial charge in [0.15, 0.2) is 0 Å². The molecule has 0 unspecified atom stereocenters. The van der Waals surface area contributed by atoms with E-state index >= 15 is 0 Å². The van der Waals surface area contributed by atoms with E-state index in [-0.39, 0.29) is 22.6 Å². The zero-order valence-corrected chi connectivity index (χ0v) is 16.5. The maximum atomic E-state index is 13.9. The quantitative estimate of drug-likeness (QED) is 0.305. The number of para-hydroxylation sites is 2. The molecule has 0 fully saturated rings. The topological polar surface area (TPSA) is 90.8 Å². The van der Waals surface area contributed by atoms with Crippen LogP contribution in [-0.4, -0.2) is 23.1 Å². The minimum atomic E-state index is -0.675. The number of carbonyl (C=O) groups is 2. The predicted octanol–water partition coefficient (Wildman–Crippen LogP) is 4.28. The molecule has 3 rings (SSSR count). The summed E-state index contributed by atoms with van der Waals surface area (Å²) in [6.45, 7) is 3.65. The molecule has 3 N–H and O–H groups in total.